The zero-order valence-corrected chi connectivity index (χ0v) is 10.0. The van der Waals surface area contributed by atoms with Gasteiger partial charge in [-0.3, -0.25) is 4.79 Å². The molecule has 0 unspecified atom stereocenters. The van der Waals surface area contributed by atoms with E-state index < -0.39 is 28.9 Å². The maximum absolute atomic E-state index is 13.5. The van der Waals surface area contributed by atoms with E-state index in [1.165, 1.54) is 31.3 Å². The van der Waals surface area contributed by atoms with Crippen molar-refractivity contribution in [3.8, 4) is 0 Å². The standard InChI is InChI=1S/C14H10F3NO/c1-18(12-8-3-2-6-10(12)15)14(19)9-5-4-7-11(16)13(9)17/h2-8H,1H3. The first-order valence-electron chi connectivity index (χ1n) is 5.49. The van der Waals surface area contributed by atoms with E-state index in [9.17, 15) is 18.0 Å². The molecule has 98 valence electrons. The Morgan fingerprint density at radius 1 is 0.947 bits per heavy atom. The van der Waals surface area contributed by atoms with Crippen LogP contribution in [0, 0.1) is 17.5 Å². The van der Waals surface area contributed by atoms with Crippen LogP contribution in [0.1, 0.15) is 10.4 Å². The average molecular weight is 265 g/mol. The predicted octanol–water partition coefficient (Wildman–Crippen LogP) is 3.38. The SMILES string of the molecule is CN(C(=O)c1cccc(F)c1F)c1ccccc1F. The molecule has 2 aromatic rings. The van der Waals surface area contributed by atoms with Crippen LogP contribution in [0.2, 0.25) is 0 Å². The number of anilines is 1. The number of carbonyl (C=O) groups is 1. The summed E-state index contributed by atoms with van der Waals surface area (Å²) in [4.78, 5) is 13.0. The summed E-state index contributed by atoms with van der Waals surface area (Å²) in [5, 5.41) is 0. The van der Waals surface area contributed by atoms with Gasteiger partial charge < -0.3 is 4.90 Å². The zero-order chi connectivity index (χ0) is 14.0. The summed E-state index contributed by atoms with van der Waals surface area (Å²) < 4.78 is 40.1. The molecule has 0 heterocycles. The number of amides is 1. The molecule has 0 bridgehead atoms. The third kappa shape index (κ3) is 2.45. The average Bonchev–Trinajstić information content (AvgIpc) is 2.41. The molecule has 0 N–H and O–H groups in total. The molecule has 1 amide bonds. The normalized spacial score (nSPS) is 10.3. The summed E-state index contributed by atoms with van der Waals surface area (Å²) in [6.07, 6.45) is 0. The molecule has 0 aliphatic carbocycles. The van der Waals surface area contributed by atoms with E-state index in [1.54, 1.807) is 6.07 Å². The molecule has 2 aromatic carbocycles. The second-order valence-corrected chi connectivity index (χ2v) is 3.92. The molecule has 0 aliphatic rings. The largest absolute Gasteiger partial charge is 0.309 e. The van der Waals surface area contributed by atoms with Gasteiger partial charge in [0, 0.05) is 7.05 Å². The number of carbonyl (C=O) groups excluding carboxylic acids is 1. The maximum atomic E-state index is 13.5. The Hall–Kier alpha value is -2.30. The van der Waals surface area contributed by atoms with Gasteiger partial charge >= 0.3 is 0 Å². The molecule has 5 heteroatoms. The summed E-state index contributed by atoms with van der Waals surface area (Å²) >= 11 is 0. The molecule has 0 atom stereocenters. The fourth-order valence-corrected chi connectivity index (χ4v) is 1.68. The monoisotopic (exact) mass is 265 g/mol. The van der Waals surface area contributed by atoms with Crippen LogP contribution < -0.4 is 4.90 Å². The molecule has 19 heavy (non-hydrogen) atoms. The highest BCUT2D eigenvalue weighted by Crippen LogP contribution is 2.21. The number of nitrogens with zero attached hydrogens (tertiary/aromatic N) is 1. The molecule has 0 aliphatic heterocycles. The summed E-state index contributed by atoms with van der Waals surface area (Å²) in [6.45, 7) is 0. The van der Waals surface area contributed by atoms with Gasteiger partial charge in [-0.05, 0) is 24.3 Å². The number of halogens is 3. The van der Waals surface area contributed by atoms with E-state index in [0.717, 1.165) is 17.0 Å². The topological polar surface area (TPSA) is 20.3 Å². The Morgan fingerprint density at radius 2 is 1.58 bits per heavy atom. The van der Waals surface area contributed by atoms with Gasteiger partial charge in [-0.2, -0.15) is 0 Å². The number of hydrogen-bond donors (Lipinski definition) is 0. The van der Waals surface area contributed by atoms with Crippen LogP contribution in [0.15, 0.2) is 42.5 Å². The molecular formula is C14H10F3NO. The smallest absolute Gasteiger partial charge is 0.261 e. The minimum atomic E-state index is -1.24. The van der Waals surface area contributed by atoms with Crippen molar-refractivity contribution >= 4 is 11.6 Å². The minimum absolute atomic E-state index is 0.00355. The van der Waals surface area contributed by atoms with E-state index in [4.69, 9.17) is 0 Å². The van der Waals surface area contributed by atoms with E-state index in [2.05, 4.69) is 0 Å². The van der Waals surface area contributed by atoms with Gasteiger partial charge in [0.15, 0.2) is 11.6 Å². The lowest BCUT2D eigenvalue weighted by molar-refractivity contribution is 0.0987. The van der Waals surface area contributed by atoms with Crippen LogP contribution in [-0.4, -0.2) is 13.0 Å². The predicted molar refractivity (Wildman–Crippen MR) is 65.5 cm³/mol. The summed E-state index contributed by atoms with van der Waals surface area (Å²) in [6, 6.07) is 8.86. The molecule has 0 saturated heterocycles. The first kappa shape index (κ1) is 13.1. The fraction of sp³-hybridized carbons (Fsp3) is 0.0714. The van der Waals surface area contributed by atoms with Crippen molar-refractivity contribution in [3.05, 3.63) is 65.5 Å². The van der Waals surface area contributed by atoms with Crippen LogP contribution in [0.4, 0.5) is 18.9 Å². The molecule has 0 fully saturated rings. The second kappa shape index (κ2) is 5.14. The van der Waals surface area contributed by atoms with Gasteiger partial charge in [0.2, 0.25) is 0 Å². The molecule has 0 aromatic heterocycles. The van der Waals surface area contributed by atoms with Crippen molar-refractivity contribution in [2.24, 2.45) is 0 Å². The maximum Gasteiger partial charge on any atom is 0.261 e. The van der Waals surface area contributed by atoms with Gasteiger partial charge in [0.05, 0.1) is 11.3 Å². The lowest BCUT2D eigenvalue weighted by Gasteiger charge is -2.18. The molecule has 0 saturated carbocycles. The fourth-order valence-electron chi connectivity index (χ4n) is 1.68. The molecule has 0 radical (unpaired) electrons. The lowest BCUT2D eigenvalue weighted by atomic mass is 10.1. The Morgan fingerprint density at radius 3 is 2.26 bits per heavy atom. The zero-order valence-electron chi connectivity index (χ0n) is 10.0. The first-order chi connectivity index (χ1) is 9.02. The highest BCUT2D eigenvalue weighted by molar-refractivity contribution is 6.05. The summed E-state index contributed by atoms with van der Waals surface area (Å²) in [5.74, 6) is -3.79. The summed E-state index contributed by atoms with van der Waals surface area (Å²) in [7, 11) is 1.30. The van der Waals surface area contributed by atoms with E-state index in [-0.39, 0.29) is 5.69 Å². The highest BCUT2D eigenvalue weighted by Gasteiger charge is 2.21. The van der Waals surface area contributed by atoms with Crippen molar-refractivity contribution in [1.82, 2.24) is 0 Å². The summed E-state index contributed by atoms with van der Waals surface area (Å²) in [5.41, 5.74) is -0.443. The quantitative estimate of drug-likeness (QED) is 0.815. The van der Waals surface area contributed by atoms with Gasteiger partial charge in [-0.15, -0.1) is 0 Å². The van der Waals surface area contributed by atoms with Gasteiger partial charge in [-0.1, -0.05) is 18.2 Å². The Kier molecular flexibility index (Phi) is 3.55. The third-order valence-electron chi connectivity index (χ3n) is 2.70. The number of rotatable bonds is 2. The lowest BCUT2D eigenvalue weighted by Crippen LogP contribution is -2.28. The molecule has 2 nitrogen and oxygen atoms in total. The number of hydrogen-bond acceptors (Lipinski definition) is 1. The van der Waals surface area contributed by atoms with Crippen molar-refractivity contribution < 1.29 is 18.0 Å². The Bertz CT molecular complexity index is 628. The Labute approximate surface area is 108 Å². The number of para-hydroxylation sites is 1. The van der Waals surface area contributed by atoms with Crippen molar-refractivity contribution in [1.29, 1.82) is 0 Å². The van der Waals surface area contributed by atoms with E-state index in [0.29, 0.717) is 0 Å². The van der Waals surface area contributed by atoms with Gasteiger partial charge in [0.1, 0.15) is 5.82 Å². The highest BCUT2D eigenvalue weighted by atomic mass is 19.2. The van der Waals surface area contributed by atoms with Crippen LogP contribution in [0.5, 0.6) is 0 Å². The van der Waals surface area contributed by atoms with Gasteiger partial charge in [-0.25, -0.2) is 13.2 Å². The van der Waals surface area contributed by atoms with Crippen LogP contribution in [-0.2, 0) is 0 Å². The molecule has 0 spiro atoms. The molecular weight excluding hydrogens is 255 g/mol. The number of benzene rings is 2. The van der Waals surface area contributed by atoms with Gasteiger partial charge in [0.25, 0.3) is 5.91 Å². The van der Waals surface area contributed by atoms with Crippen LogP contribution in [0.25, 0.3) is 0 Å². The Balaban J connectivity index is 2.40. The minimum Gasteiger partial charge on any atom is -0.309 e. The van der Waals surface area contributed by atoms with Crippen molar-refractivity contribution in [2.45, 2.75) is 0 Å². The van der Waals surface area contributed by atoms with Crippen LogP contribution >= 0.6 is 0 Å². The third-order valence-corrected chi connectivity index (χ3v) is 2.70. The van der Waals surface area contributed by atoms with Crippen molar-refractivity contribution in [2.75, 3.05) is 11.9 Å². The molecule has 2 rings (SSSR count). The van der Waals surface area contributed by atoms with E-state index in [1.807, 2.05) is 0 Å². The van der Waals surface area contributed by atoms with Crippen molar-refractivity contribution in [3.63, 3.8) is 0 Å². The van der Waals surface area contributed by atoms with E-state index >= 15 is 0 Å². The second-order valence-electron chi connectivity index (χ2n) is 3.92. The van der Waals surface area contributed by atoms with Crippen LogP contribution in [0.3, 0.4) is 0 Å². The first-order valence-corrected chi connectivity index (χ1v) is 5.49.